The van der Waals surface area contributed by atoms with Crippen LogP contribution >= 0.6 is 11.8 Å². The highest BCUT2D eigenvalue weighted by molar-refractivity contribution is 7.98. The second-order valence-corrected chi connectivity index (χ2v) is 3.90. The number of thioether (sulfide) groups is 1. The lowest BCUT2D eigenvalue weighted by molar-refractivity contribution is 0.389. The van der Waals surface area contributed by atoms with Gasteiger partial charge in [-0.05, 0) is 18.4 Å². The number of nitriles is 1. The van der Waals surface area contributed by atoms with Crippen molar-refractivity contribution in [3.8, 4) is 17.6 Å². The van der Waals surface area contributed by atoms with E-state index >= 15 is 0 Å². The Morgan fingerprint density at radius 3 is 2.38 bits per heavy atom. The number of benzene rings is 1. The quantitative estimate of drug-likeness (QED) is 0.812. The lowest BCUT2D eigenvalue weighted by Crippen LogP contribution is -2.09. The van der Waals surface area contributed by atoms with Crippen LogP contribution in [0.1, 0.15) is 11.6 Å². The predicted octanol–water partition coefficient (Wildman–Crippen LogP) is 1.95. The van der Waals surface area contributed by atoms with Crippen molar-refractivity contribution in [1.29, 1.82) is 5.26 Å². The maximum Gasteiger partial charge on any atom is 0.133 e. The first-order valence-electron chi connectivity index (χ1n) is 4.63. The number of hydrogen-bond donors (Lipinski definition) is 1. The van der Waals surface area contributed by atoms with Crippen molar-refractivity contribution >= 4 is 11.8 Å². The maximum atomic E-state index is 8.82. The summed E-state index contributed by atoms with van der Waals surface area (Å²) >= 11 is 1.55. The van der Waals surface area contributed by atoms with Crippen LogP contribution in [0.3, 0.4) is 0 Å². The van der Waals surface area contributed by atoms with Gasteiger partial charge in [-0.1, -0.05) is 0 Å². The van der Waals surface area contributed by atoms with Gasteiger partial charge in [0.25, 0.3) is 0 Å². The van der Waals surface area contributed by atoms with Crippen molar-refractivity contribution in [3.63, 3.8) is 0 Å². The van der Waals surface area contributed by atoms with E-state index in [9.17, 15) is 0 Å². The molecule has 4 nitrogen and oxygen atoms in total. The van der Waals surface area contributed by atoms with E-state index in [0.29, 0.717) is 17.1 Å². The molecule has 1 aromatic rings. The fourth-order valence-corrected chi connectivity index (χ4v) is 1.93. The maximum absolute atomic E-state index is 8.82. The Bertz CT molecular complexity index is 415. The Kier molecular flexibility index (Phi) is 4.47. The molecular weight excluding hydrogens is 224 g/mol. The number of ether oxygens (including phenoxy) is 2. The Labute approximate surface area is 99.3 Å². The van der Waals surface area contributed by atoms with Crippen molar-refractivity contribution in [2.75, 3.05) is 20.5 Å². The van der Waals surface area contributed by atoms with Gasteiger partial charge >= 0.3 is 0 Å². The third-order valence-electron chi connectivity index (χ3n) is 2.21. The number of rotatable bonds is 4. The van der Waals surface area contributed by atoms with E-state index < -0.39 is 6.04 Å². The van der Waals surface area contributed by atoms with Crippen LogP contribution in [0.25, 0.3) is 0 Å². The fraction of sp³-hybridized carbons (Fsp3) is 0.364. The second kappa shape index (κ2) is 5.64. The molecule has 0 aliphatic carbocycles. The highest BCUT2D eigenvalue weighted by Crippen LogP contribution is 2.36. The van der Waals surface area contributed by atoms with Crippen LogP contribution in [0.2, 0.25) is 0 Å². The van der Waals surface area contributed by atoms with E-state index in [1.54, 1.807) is 32.0 Å². The first-order chi connectivity index (χ1) is 7.67. The predicted molar refractivity (Wildman–Crippen MR) is 63.9 cm³/mol. The van der Waals surface area contributed by atoms with Crippen LogP contribution in [0.5, 0.6) is 11.5 Å². The zero-order valence-corrected chi connectivity index (χ0v) is 10.3. The second-order valence-electron chi connectivity index (χ2n) is 3.06. The highest BCUT2D eigenvalue weighted by atomic mass is 32.2. The topological polar surface area (TPSA) is 68.3 Å². The molecule has 0 radical (unpaired) electrons. The van der Waals surface area contributed by atoms with Crippen molar-refractivity contribution in [2.45, 2.75) is 10.9 Å². The molecule has 86 valence electrons. The molecule has 2 N–H and O–H groups in total. The van der Waals surface area contributed by atoms with Gasteiger partial charge in [-0.3, -0.25) is 0 Å². The molecule has 1 rings (SSSR count). The first kappa shape index (κ1) is 12.7. The van der Waals surface area contributed by atoms with Gasteiger partial charge in [-0.2, -0.15) is 5.26 Å². The summed E-state index contributed by atoms with van der Waals surface area (Å²) < 4.78 is 10.4. The molecule has 0 aliphatic heterocycles. The minimum Gasteiger partial charge on any atom is -0.496 e. The molecular formula is C11H14N2O2S. The van der Waals surface area contributed by atoms with Crippen LogP contribution in [0.4, 0.5) is 0 Å². The van der Waals surface area contributed by atoms with Gasteiger partial charge in [-0.25, -0.2) is 0 Å². The van der Waals surface area contributed by atoms with Gasteiger partial charge in [-0.15, -0.1) is 11.8 Å². The van der Waals surface area contributed by atoms with Crippen molar-refractivity contribution in [3.05, 3.63) is 17.7 Å². The number of nitrogens with two attached hydrogens (primary N) is 1. The summed E-state index contributed by atoms with van der Waals surface area (Å²) in [5.74, 6) is 1.31. The summed E-state index contributed by atoms with van der Waals surface area (Å²) in [4.78, 5) is 0.952. The van der Waals surface area contributed by atoms with Gasteiger partial charge < -0.3 is 15.2 Å². The Balaban J connectivity index is 3.32. The van der Waals surface area contributed by atoms with Crippen LogP contribution in [0, 0.1) is 11.3 Å². The van der Waals surface area contributed by atoms with E-state index in [4.69, 9.17) is 20.5 Å². The number of nitrogens with zero attached hydrogens (tertiary/aromatic N) is 1. The molecule has 1 unspecified atom stereocenters. The van der Waals surface area contributed by atoms with Gasteiger partial charge in [0.2, 0.25) is 0 Å². The first-order valence-corrected chi connectivity index (χ1v) is 5.85. The molecule has 0 aromatic heterocycles. The van der Waals surface area contributed by atoms with Gasteiger partial charge in [0.1, 0.15) is 17.5 Å². The average Bonchev–Trinajstić information content (AvgIpc) is 2.35. The molecule has 0 heterocycles. The lowest BCUT2D eigenvalue weighted by atomic mass is 10.1. The third kappa shape index (κ3) is 2.40. The van der Waals surface area contributed by atoms with E-state index in [1.165, 1.54) is 0 Å². The van der Waals surface area contributed by atoms with Crippen LogP contribution < -0.4 is 15.2 Å². The van der Waals surface area contributed by atoms with Crippen molar-refractivity contribution in [2.24, 2.45) is 5.73 Å². The van der Waals surface area contributed by atoms with E-state index in [2.05, 4.69) is 0 Å². The zero-order chi connectivity index (χ0) is 12.1. The third-order valence-corrected chi connectivity index (χ3v) is 2.97. The molecule has 0 aliphatic rings. The molecule has 0 amide bonds. The summed E-state index contributed by atoms with van der Waals surface area (Å²) in [5, 5.41) is 8.82. The molecule has 0 saturated heterocycles. The Hall–Kier alpha value is -1.38. The van der Waals surface area contributed by atoms with E-state index in [-0.39, 0.29) is 0 Å². The normalized spacial score (nSPS) is 11.7. The fourth-order valence-electron chi connectivity index (χ4n) is 1.37. The number of methoxy groups -OCH3 is 2. The smallest absolute Gasteiger partial charge is 0.133 e. The summed E-state index contributed by atoms with van der Waals surface area (Å²) in [5.41, 5.74) is 6.32. The average molecular weight is 238 g/mol. The van der Waals surface area contributed by atoms with E-state index in [1.807, 2.05) is 18.4 Å². The van der Waals surface area contributed by atoms with Crippen LogP contribution in [-0.2, 0) is 0 Å². The molecule has 16 heavy (non-hydrogen) atoms. The minimum absolute atomic E-state index is 0.610. The summed E-state index contributed by atoms with van der Waals surface area (Å²) in [6, 6.07) is 4.85. The van der Waals surface area contributed by atoms with Crippen LogP contribution in [-0.4, -0.2) is 20.5 Å². The largest absolute Gasteiger partial charge is 0.496 e. The van der Waals surface area contributed by atoms with Crippen molar-refractivity contribution in [1.82, 2.24) is 0 Å². The molecule has 0 fully saturated rings. The van der Waals surface area contributed by atoms with Crippen LogP contribution in [0.15, 0.2) is 17.0 Å². The molecule has 0 saturated carbocycles. The van der Waals surface area contributed by atoms with E-state index in [0.717, 1.165) is 4.90 Å². The Morgan fingerprint density at radius 2 is 1.94 bits per heavy atom. The Morgan fingerprint density at radius 1 is 1.31 bits per heavy atom. The summed E-state index contributed by atoms with van der Waals surface area (Å²) in [7, 11) is 3.14. The SMILES string of the molecule is COc1cc(C(N)C#N)c(OC)cc1SC. The molecule has 5 heteroatoms. The highest BCUT2D eigenvalue weighted by Gasteiger charge is 2.15. The summed E-state index contributed by atoms with van der Waals surface area (Å²) in [6.07, 6.45) is 1.95. The molecule has 0 bridgehead atoms. The molecule has 1 atom stereocenters. The lowest BCUT2D eigenvalue weighted by Gasteiger charge is -2.14. The number of hydrogen-bond acceptors (Lipinski definition) is 5. The van der Waals surface area contributed by atoms with Gasteiger partial charge in [0.05, 0.1) is 25.2 Å². The summed E-state index contributed by atoms with van der Waals surface area (Å²) in [6.45, 7) is 0. The zero-order valence-electron chi connectivity index (χ0n) is 9.48. The monoisotopic (exact) mass is 238 g/mol. The van der Waals surface area contributed by atoms with Crippen molar-refractivity contribution < 1.29 is 9.47 Å². The van der Waals surface area contributed by atoms with Gasteiger partial charge in [0.15, 0.2) is 0 Å². The minimum atomic E-state index is -0.709. The standard InChI is InChI=1S/C11H14N2O2S/c1-14-9-5-11(16-3)10(15-2)4-7(9)8(13)6-12/h4-5,8H,13H2,1-3H3. The molecule has 0 spiro atoms. The van der Waals surface area contributed by atoms with Gasteiger partial charge in [0, 0.05) is 5.56 Å². The molecule has 1 aromatic carbocycles.